The van der Waals surface area contributed by atoms with Gasteiger partial charge in [0.15, 0.2) is 0 Å². The average Bonchev–Trinajstić information content (AvgIpc) is 2.65. The van der Waals surface area contributed by atoms with E-state index in [0.717, 1.165) is 23.4 Å². The first kappa shape index (κ1) is 13.0. The second-order valence-corrected chi connectivity index (χ2v) is 5.14. The van der Waals surface area contributed by atoms with E-state index in [-0.39, 0.29) is 5.75 Å². The van der Waals surface area contributed by atoms with Crippen molar-refractivity contribution in [1.29, 1.82) is 0 Å². The Morgan fingerprint density at radius 1 is 1.50 bits per heavy atom. The van der Waals surface area contributed by atoms with Crippen LogP contribution in [0, 0.1) is 6.92 Å². The first-order valence-corrected chi connectivity index (χ1v) is 7.02. The fourth-order valence-corrected chi connectivity index (χ4v) is 2.66. The van der Waals surface area contributed by atoms with E-state index in [1.54, 1.807) is 0 Å². The standard InChI is InChI=1S/C13H16N2O2S/c1-3-15-11-5-4-9(2)6-10(11)14-12(15)7-18-8-13(16)17/h4-6H,3,7-8H2,1-2H3,(H,16,17). The number of nitrogens with zero attached hydrogens (tertiary/aromatic N) is 2. The van der Waals surface area contributed by atoms with Gasteiger partial charge in [-0.15, -0.1) is 11.8 Å². The van der Waals surface area contributed by atoms with Crippen molar-refractivity contribution in [2.75, 3.05) is 5.75 Å². The second-order valence-electron chi connectivity index (χ2n) is 4.15. The summed E-state index contributed by atoms with van der Waals surface area (Å²) in [5.74, 6) is 0.916. The van der Waals surface area contributed by atoms with Crippen molar-refractivity contribution in [3.8, 4) is 0 Å². The summed E-state index contributed by atoms with van der Waals surface area (Å²) in [6.07, 6.45) is 0. The molecule has 0 saturated heterocycles. The molecule has 0 saturated carbocycles. The minimum absolute atomic E-state index is 0.117. The van der Waals surface area contributed by atoms with Gasteiger partial charge in [-0.05, 0) is 31.5 Å². The quantitative estimate of drug-likeness (QED) is 0.902. The molecule has 0 radical (unpaired) electrons. The van der Waals surface area contributed by atoms with Crippen molar-refractivity contribution in [1.82, 2.24) is 9.55 Å². The van der Waals surface area contributed by atoms with Crippen molar-refractivity contribution in [3.63, 3.8) is 0 Å². The summed E-state index contributed by atoms with van der Waals surface area (Å²) in [6, 6.07) is 6.21. The van der Waals surface area contributed by atoms with Crippen LogP contribution in [0.5, 0.6) is 0 Å². The number of fused-ring (bicyclic) bond motifs is 1. The van der Waals surface area contributed by atoms with Crippen molar-refractivity contribution in [2.45, 2.75) is 26.1 Å². The van der Waals surface area contributed by atoms with E-state index < -0.39 is 5.97 Å². The number of benzene rings is 1. The lowest BCUT2D eigenvalue weighted by atomic mass is 10.2. The zero-order chi connectivity index (χ0) is 13.1. The summed E-state index contributed by atoms with van der Waals surface area (Å²) in [6.45, 7) is 4.97. The molecule has 1 aromatic carbocycles. The van der Waals surface area contributed by atoms with Crippen LogP contribution < -0.4 is 0 Å². The number of aryl methyl sites for hydroxylation is 2. The Morgan fingerprint density at radius 3 is 2.94 bits per heavy atom. The van der Waals surface area contributed by atoms with E-state index in [9.17, 15) is 4.79 Å². The van der Waals surface area contributed by atoms with Crippen LogP contribution >= 0.6 is 11.8 Å². The van der Waals surface area contributed by atoms with Gasteiger partial charge in [0.2, 0.25) is 0 Å². The zero-order valence-corrected chi connectivity index (χ0v) is 11.3. The Morgan fingerprint density at radius 2 is 2.28 bits per heavy atom. The summed E-state index contributed by atoms with van der Waals surface area (Å²) >= 11 is 1.38. The van der Waals surface area contributed by atoms with E-state index in [0.29, 0.717) is 5.75 Å². The topological polar surface area (TPSA) is 55.1 Å². The zero-order valence-electron chi connectivity index (χ0n) is 10.5. The van der Waals surface area contributed by atoms with Gasteiger partial charge in [0.25, 0.3) is 0 Å². The monoisotopic (exact) mass is 264 g/mol. The Labute approximate surface area is 110 Å². The van der Waals surface area contributed by atoms with Crippen molar-refractivity contribution >= 4 is 28.8 Å². The summed E-state index contributed by atoms with van der Waals surface area (Å²) < 4.78 is 2.14. The smallest absolute Gasteiger partial charge is 0.313 e. The fraction of sp³-hybridized carbons (Fsp3) is 0.385. The molecule has 4 nitrogen and oxygen atoms in total. The van der Waals surface area contributed by atoms with E-state index in [1.807, 2.05) is 6.92 Å². The molecule has 1 N–H and O–H groups in total. The first-order chi connectivity index (χ1) is 8.61. The number of rotatable bonds is 5. The molecule has 0 aliphatic carbocycles. The number of carbonyl (C=O) groups is 1. The minimum atomic E-state index is -0.782. The maximum atomic E-state index is 10.5. The van der Waals surface area contributed by atoms with Crippen LogP contribution in [-0.2, 0) is 17.1 Å². The molecule has 2 aromatic rings. The van der Waals surface area contributed by atoms with Gasteiger partial charge < -0.3 is 9.67 Å². The molecular formula is C13H16N2O2S. The van der Waals surface area contributed by atoms with Gasteiger partial charge in [-0.2, -0.15) is 0 Å². The third-order valence-corrected chi connectivity index (χ3v) is 3.67. The SMILES string of the molecule is CCn1c(CSCC(=O)O)nc2cc(C)ccc21. The van der Waals surface area contributed by atoms with Crippen molar-refractivity contribution in [3.05, 3.63) is 29.6 Å². The van der Waals surface area contributed by atoms with Gasteiger partial charge in [-0.3, -0.25) is 4.79 Å². The number of thioether (sulfide) groups is 1. The number of carboxylic acid groups (broad SMARTS) is 1. The molecule has 0 unspecified atom stereocenters. The Kier molecular flexibility index (Phi) is 3.91. The lowest BCUT2D eigenvalue weighted by molar-refractivity contribution is -0.133. The number of carboxylic acids is 1. The van der Waals surface area contributed by atoms with Crippen LogP contribution in [0.25, 0.3) is 11.0 Å². The number of imidazole rings is 1. The van der Waals surface area contributed by atoms with Crippen LogP contribution in [-0.4, -0.2) is 26.4 Å². The molecule has 0 spiro atoms. The highest BCUT2D eigenvalue weighted by atomic mass is 32.2. The Bertz CT molecular complexity index is 578. The van der Waals surface area contributed by atoms with Crippen LogP contribution in [0.15, 0.2) is 18.2 Å². The number of hydrogen-bond donors (Lipinski definition) is 1. The fourth-order valence-electron chi connectivity index (χ4n) is 1.98. The van der Waals surface area contributed by atoms with Crippen LogP contribution in [0.2, 0.25) is 0 Å². The predicted molar refractivity (Wildman–Crippen MR) is 73.9 cm³/mol. The highest BCUT2D eigenvalue weighted by Crippen LogP contribution is 2.20. The van der Waals surface area contributed by atoms with Crippen LogP contribution in [0.4, 0.5) is 0 Å². The Hall–Kier alpha value is -1.49. The predicted octanol–water partition coefficient (Wildman–Crippen LogP) is 2.68. The molecule has 0 aliphatic heterocycles. The highest BCUT2D eigenvalue weighted by Gasteiger charge is 2.10. The maximum Gasteiger partial charge on any atom is 0.313 e. The largest absolute Gasteiger partial charge is 0.481 e. The van der Waals surface area contributed by atoms with Gasteiger partial charge in [0.05, 0.1) is 22.5 Å². The molecule has 1 heterocycles. The molecule has 2 rings (SSSR count). The van der Waals surface area contributed by atoms with E-state index in [4.69, 9.17) is 5.11 Å². The number of hydrogen-bond acceptors (Lipinski definition) is 3. The molecule has 0 atom stereocenters. The lowest BCUT2D eigenvalue weighted by Gasteiger charge is -2.05. The third kappa shape index (κ3) is 2.67. The summed E-state index contributed by atoms with van der Waals surface area (Å²) in [7, 11) is 0. The Balaban J connectivity index is 2.29. The second kappa shape index (κ2) is 5.44. The molecule has 0 bridgehead atoms. The summed E-state index contributed by atoms with van der Waals surface area (Å²) in [5, 5.41) is 8.65. The third-order valence-electron chi connectivity index (χ3n) is 2.76. The molecule has 96 valence electrons. The molecule has 0 aliphatic rings. The summed E-state index contributed by atoms with van der Waals surface area (Å²) in [5.41, 5.74) is 3.30. The van der Waals surface area contributed by atoms with E-state index >= 15 is 0 Å². The lowest BCUT2D eigenvalue weighted by Crippen LogP contribution is -2.03. The summed E-state index contributed by atoms with van der Waals surface area (Å²) in [4.78, 5) is 15.1. The molecule has 18 heavy (non-hydrogen) atoms. The molecule has 1 aromatic heterocycles. The van der Waals surface area contributed by atoms with Crippen LogP contribution in [0.1, 0.15) is 18.3 Å². The van der Waals surface area contributed by atoms with E-state index in [2.05, 4.69) is 34.7 Å². The number of aromatic nitrogens is 2. The number of aliphatic carboxylic acids is 1. The molecular weight excluding hydrogens is 248 g/mol. The van der Waals surface area contributed by atoms with Gasteiger partial charge in [-0.1, -0.05) is 6.07 Å². The molecule has 5 heteroatoms. The minimum Gasteiger partial charge on any atom is -0.481 e. The maximum absolute atomic E-state index is 10.5. The molecule has 0 amide bonds. The van der Waals surface area contributed by atoms with Crippen LogP contribution in [0.3, 0.4) is 0 Å². The average molecular weight is 264 g/mol. The van der Waals surface area contributed by atoms with E-state index in [1.165, 1.54) is 17.3 Å². The molecule has 0 fully saturated rings. The first-order valence-electron chi connectivity index (χ1n) is 5.87. The van der Waals surface area contributed by atoms with Gasteiger partial charge >= 0.3 is 5.97 Å². The van der Waals surface area contributed by atoms with Gasteiger partial charge in [0.1, 0.15) is 5.82 Å². The van der Waals surface area contributed by atoms with Crippen molar-refractivity contribution in [2.24, 2.45) is 0 Å². The highest BCUT2D eigenvalue weighted by molar-refractivity contribution is 7.99. The van der Waals surface area contributed by atoms with Gasteiger partial charge in [-0.25, -0.2) is 4.98 Å². The van der Waals surface area contributed by atoms with Gasteiger partial charge in [0, 0.05) is 6.54 Å². The van der Waals surface area contributed by atoms with Crippen molar-refractivity contribution < 1.29 is 9.90 Å². The normalized spacial score (nSPS) is 11.0.